The van der Waals surface area contributed by atoms with E-state index in [1.807, 2.05) is 30.3 Å². The highest BCUT2D eigenvalue weighted by Crippen LogP contribution is 2.35. The first kappa shape index (κ1) is 17.3. The van der Waals surface area contributed by atoms with Crippen LogP contribution in [0.5, 0.6) is 11.5 Å². The van der Waals surface area contributed by atoms with Crippen LogP contribution in [-0.2, 0) is 0 Å². The minimum Gasteiger partial charge on any atom is -0.506 e. The van der Waals surface area contributed by atoms with Gasteiger partial charge in [-0.15, -0.1) is 0 Å². The number of benzene rings is 2. The van der Waals surface area contributed by atoms with Crippen molar-refractivity contribution >= 4 is 39.1 Å². The van der Waals surface area contributed by atoms with Gasteiger partial charge in [-0.3, -0.25) is 4.79 Å². The van der Waals surface area contributed by atoms with Crippen molar-refractivity contribution in [2.24, 2.45) is 0 Å². The quantitative estimate of drug-likeness (QED) is 0.616. The number of carbonyl (C=O) groups is 1. The van der Waals surface area contributed by atoms with Gasteiger partial charge in [-0.05, 0) is 24.3 Å². The lowest BCUT2D eigenvalue weighted by Gasteiger charge is -2.09. The number of methoxy groups -OCH3 is 1. The van der Waals surface area contributed by atoms with Crippen LogP contribution >= 0.6 is 27.5 Å². The zero-order chi connectivity index (χ0) is 18.0. The van der Waals surface area contributed by atoms with Crippen molar-refractivity contribution < 1.29 is 14.6 Å². The maximum atomic E-state index is 12.6. The van der Waals surface area contributed by atoms with E-state index < -0.39 is 5.91 Å². The van der Waals surface area contributed by atoms with E-state index in [-0.39, 0.29) is 22.2 Å². The lowest BCUT2D eigenvalue weighted by Crippen LogP contribution is -2.14. The molecule has 0 saturated carbocycles. The van der Waals surface area contributed by atoms with Gasteiger partial charge in [0.25, 0.3) is 5.91 Å². The third-order valence-electron chi connectivity index (χ3n) is 3.41. The Kier molecular flexibility index (Phi) is 4.96. The van der Waals surface area contributed by atoms with Gasteiger partial charge in [0.1, 0.15) is 11.4 Å². The Bertz CT molecular complexity index is 905. The van der Waals surface area contributed by atoms with Crippen molar-refractivity contribution in [3.05, 3.63) is 63.9 Å². The molecule has 1 amide bonds. The van der Waals surface area contributed by atoms with Gasteiger partial charge in [0.05, 0.1) is 24.0 Å². The molecule has 0 bridgehead atoms. The van der Waals surface area contributed by atoms with E-state index in [4.69, 9.17) is 16.3 Å². The number of hydrogen-bond acceptors (Lipinski definition) is 4. The molecule has 25 heavy (non-hydrogen) atoms. The smallest absolute Gasteiger partial charge is 0.280 e. The number of carbonyl (C=O) groups excluding carboxylic acids is 1. The molecule has 1 aromatic heterocycles. The molecule has 0 saturated heterocycles. The molecule has 2 N–H and O–H groups in total. The van der Waals surface area contributed by atoms with Gasteiger partial charge in [0, 0.05) is 4.47 Å². The third kappa shape index (κ3) is 3.62. The second-order valence-corrected chi connectivity index (χ2v) is 6.38. The summed E-state index contributed by atoms with van der Waals surface area (Å²) >= 11 is 9.30. The maximum Gasteiger partial charge on any atom is 0.280 e. The predicted molar refractivity (Wildman–Crippen MR) is 98.9 cm³/mol. The highest BCUT2D eigenvalue weighted by molar-refractivity contribution is 9.10. The van der Waals surface area contributed by atoms with Gasteiger partial charge in [0.2, 0.25) is 0 Å². The molecule has 128 valence electrons. The van der Waals surface area contributed by atoms with E-state index in [1.54, 1.807) is 12.3 Å². The number of hydrogen-bond donors (Lipinski definition) is 2. The van der Waals surface area contributed by atoms with E-state index in [0.29, 0.717) is 10.2 Å². The average molecular weight is 423 g/mol. The number of halogens is 2. The van der Waals surface area contributed by atoms with Crippen LogP contribution in [0.4, 0.5) is 5.69 Å². The molecule has 0 spiro atoms. The van der Waals surface area contributed by atoms with Crippen LogP contribution in [-0.4, -0.2) is 27.9 Å². The Morgan fingerprint density at radius 1 is 1.32 bits per heavy atom. The number of nitrogens with zero attached hydrogens (tertiary/aromatic N) is 2. The summed E-state index contributed by atoms with van der Waals surface area (Å²) in [5.41, 5.74) is 0.959. The predicted octanol–water partition coefficient (Wildman–Crippen LogP) is 4.25. The number of aromatic nitrogens is 2. The number of nitrogens with one attached hydrogen (secondary N) is 1. The molecule has 6 nitrogen and oxygen atoms in total. The molecule has 0 radical (unpaired) electrons. The number of amides is 1. The Labute approximate surface area is 157 Å². The molecule has 0 aliphatic carbocycles. The van der Waals surface area contributed by atoms with Crippen LogP contribution in [0, 0.1) is 0 Å². The first-order chi connectivity index (χ1) is 12.0. The Hall–Kier alpha value is -2.51. The molecule has 1 heterocycles. The fraction of sp³-hybridized carbons (Fsp3) is 0.0588. The molecule has 0 aliphatic rings. The molecular formula is C17H13BrClN3O3. The second-order valence-electron chi connectivity index (χ2n) is 5.06. The van der Waals surface area contributed by atoms with Crippen molar-refractivity contribution in [3.63, 3.8) is 0 Å². The molecule has 3 rings (SSSR count). The standard InChI is InChI=1S/C17H13BrClN3O3/c1-25-14-9-22(11-5-3-2-4-6-11)21-16(14)17(24)20-15-12(19)7-10(18)8-13(15)23/h2-9,23H,1H3,(H,20,24). The molecule has 3 aromatic rings. The van der Waals surface area contributed by atoms with Crippen molar-refractivity contribution in [2.75, 3.05) is 12.4 Å². The van der Waals surface area contributed by atoms with Crippen LogP contribution < -0.4 is 10.1 Å². The summed E-state index contributed by atoms with van der Waals surface area (Å²) in [5.74, 6) is -0.408. The van der Waals surface area contributed by atoms with Gasteiger partial charge < -0.3 is 15.2 Å². The van der Waals surface area contributed by atoms with Crippen LogP contribution in [0.3, 0.4) is 0 Å². The monoisotopic (exact) mass is 421 g/mol. The number of rotatable bonds is 4. The normalized spacial score (nSPS) is 10.5. The molecule has 0 fully saturated rings. The maximum absolute atomic E-state index is 12.6. The summed E-state index contributed by atoms with van der Waals surface area (Å²) < 4.78 is 7.37. The number of aromatic hydroxyl groups is 1. The van der Waals surface area contributed by atoms with Gasteiger partial charge in [-0.1, -0.05) is 45.7 Å². The first-order valence-electron chi connectivity index (χ1n) is 7.18. The van der Waals surface area contributed by atoms with E-state index in [0.717, 1.165) is 5.69 Å². The molecule has 2 aromatic carbocycles. The van der Waals surface area contributed by atoms with Crippen molar-refractivity contribution in [3.8, 4) is 17.2 Å². The lowest BCUT2D eigenvalue weighted by atomic mass is 10.2. The van der Waals surface area contributed by atoms with E-state index in [1.165, 1.54) is 17.9 Å². The number of anilines is 1. The minimum atomic E-state index is -0.550. The fourth-order valence-electron chi connectivity index (χ4n) is 2.23. The number of para-hydroxylation sites is 1. The number of phenolic OH excluding ortho intramolecular Hbond substituents is 1. The van der Waals surface area contributed by atoms with Crippen molar-refractivity contribution in [1.82, 2.24) is 9.78 Å². The average Bonchev–Trinajstić information content (AvgIpc) is 3.03. The number of ether oxygens (including phenoxy) is 1. The van der Waals surface area contributed by atoms with Gasteiger partial charge >= 0.3 is 0 Å². The molecule has 0 unspecified atom stereocenters. The molecule has 0 aliphatic heterocycles. The van der Waals surface area contributed by atoms with Crippen LogP contribution in [0.1, 0.15) is 10.5 Å². The minimum absolute atomic E-state index is 0.0738. The fourth-order valence-corrected chi connectivity index (χ4v) is 3.07. The van der Waals surface area contributed by atoms with Gasteiger partial charge in [-0.25, -0.2) is 4.68 Å². The summed E-state index contributed by atoms with van der Waals surface area (Å²) in [5, 5.41) is 17.0. The van der Waals surface area contributed by atoms with Crippen LogP contribution in [0.2, 0.25) is 5.02 Å². The van der Waals surface area contributed by atoms with E-state index in [2.05, 4.69) is 26.3 Å². The topological polar surface area (TPSA) is 76.4 Å². The van der Waals surface area contributed by atoms with Crippen molar-refractivity contribution in [2.45, 2.75) is 0 Å². The SMILES string of the molecule is COc1cn(-c2ccccc2)nc1C(=O)Nc1c(O)cc(Br)cc1Cl. The van der Waals surface area contributed by atoms with Crippen LogP contribution in [0.15, 0.2) is 53.1 Å². The van der Waals surface area contributed by atoms with E-state index >= 15 is 0 Å². The molecule has 8 heteroatoms. The van der Waals surface area contributed by atoms with Gasteiger partial charge in [-0.2, -0.15) is 5.10 Å². The van der Waals surface area contributed by atoms with E-state index in [9.17, 15) is 9.90 Å². The summed E-state index contributed by atoms with van der Waals surface area (Å²) in [4.78, 5) is 12.6. The van der Waals surface area contributed by atoms with Crippen LogP contribution in [0.25, 0.3) is 5.69 Å². The number of phenols is 1. The zero-order valence-electron chi connectivity index (χ0n) is 13.0. The Morgan fingerprint density at radius 2 is 2.04 bits per heavy atom. The summed E-state index contributed by atoms with van der Waals surface area (Å²) in [6, 6.07) is 12.3. The zero-order valence-corrected chi connectivity index (χ0v) is 15.4. The Morgan fingerprint density at radius 3 is 2.68 bits per heavy atom. The van der Waals surface area contributed by atoms with Crippen molar-refractivity contribution in [1.29, 1.82) is 0 Å². The summed E-state index contributed by atoms with van der Waals surface area (Å²) in [6.45, 7) is 0. The lowest BCUT2D eigenvalue weighted by molar-refractivity contribution is 0.101. The second kappa shape index (κ2) is 7.16. The van der Waals surface area contributed by atoms with Gasteiger partial charge in [0.15, 0.2) is 11.4 Å². The third-order valence-corrected chi connectivity index (χ3v) is 4.17. The first-order valence-corrected chi connectivity index (χ1v) is 8.35. The summed E-state index contributed by atoms with van der Waals surface area (Å²) in [6.07, 6.45) is 1.60. The molecular weight excluding hydrogens is 410 g/mol. The highest BCUT2D eigenvalue weighted by atomic mass is 79.9. The summed E-state index contributed by atoms with van der Waals surface area (Å²) in [7, 11) is 1.45. The highest BCUT2D eigenvalue weighted by Gasteiger charge is 2.21. The largest absolute Gasteiger partial charge is 0.506 e. The Balaban J connectivity index is 1.94. The molecule has 0 atom stereocenters.